The smallest absolute Gasteiger partial charge is 0.215 e. The Kier molecular flexibility index (Phi) is 4.30. The normalized spacial score (nSPS) is 12.4. The Bertz CT molecular complexity index is 398. The molecule has 0 aliphatic rings. The molecule has 1 aromatic heterocycles. The summed E-state index contributed by atoms with van der Waals surface area (Å²) in [6, 6.07) is 5.50. The van der Waals surface area contributed by atoms with Crippen LogP contribution in [-0.2, 0) is 6.42 Å². The summed E-state index contributed by atoms with van der Waals surface area (Å²) in [6.07, 6.45) is 1.34. The van der Waals surface area contributed by atoms with Crippen LogP contribution < -0.4 is 0 Å². The third kappa shape index (κ3) is 2.96. The average molecular weight is 219 g/mol. The summed E-state index contributed by atoms with van der Waals surface area (Å²) in [7, 11) is 0. The predicted octanol–water partition coefficient (Wildman–Crippen LogP) is 3.21. The van der Waals surface area contributed by atoms with Crippen LogP contribution in [0, 0.1) is 23.2 Å². The molecule has 16 heavy (non-hydrogen) atoms. The summed E-state index contributed by atoms with van der Waals surface area (Å²) in [5.41, 5.74) is 0. The van der Waals surface area contributed by atoms with Crippen LogP contribution in [0.2, 0.25) is 0 Å². The van der Waals surface area contributed by atoms with Gasteiger partial charge in [0.2, 0.25) is 5.78 Å². The maximum atomic E-state index is 11.9. The van der Waals surface area contributed by atoms with E-state index in [1.54, 1.807) is 12.1 Å². The molecule has 0 aliphatic heterocycles. The molecule has 0 bridgehead atoms. The number of rotatable bonds is 5. The second kappa shape index (κ2) is 5.50. The van der Waals surface area contributed by atoms with Gasteiger partial charge in [-0.25, -0.2) is 0 Å². The Morgan fingerprint density at radius 2 is 2.19 bits per heavy atom. The summed E-state index contributed by atoms with van der Waals surface area (Å²) in [6.45, 7) is 5.96. The standard InChI is InChI=1S/C13H17NO2/c1-4-11-5-6-12(16-11)13(15)10(8-14)7-9(2)3/h5-6,9-10H,4,7H2,1-3H3. The molecular weight excluding hydrogens is 202 g/mol. The highest BCUT2D eigenvalue weighted by atomic mass is 16.3. The zero-order chi connectivity index (χ0) is 12.1. The number of aryl methyl sites for hydroxylation is 1. The number of Topliss-reactive ketones (excluding diaryl/α,β-unsaturated/α-hetero) is 1. The first kappa shape index (κ1) is 12.5. The van der Waals surface area contributed by atoms with E-state index < -0.39 is 5.92 Å². The molecule has 1 heterocycles. The van der Waals surface area contributed by atoms with Crippen molar-refractivity contribution in [3.05, 3.63) is 23.7 Å². The van der Waals surface area contributed by atoms with Crippen molar-refractivity contribution in [1.29, 1.82) is 5.26 Å². The van der Waals surface area contributed by atoms with Crippen molar-refractivity contribution in [2.45, 2.75) is 33.6 Å². The lowest BCUT2D eigenvalue weighted by Gasteiger charge is -2.08. The highest BCUT2D eigenvalue weighted by molar-refractivity contribution is 5.96. The number of furan rings is 1. The Hall–Kier alpha value is -1.56. The van der Waals surface area contributed by atoms with Gasteiger partial charge in [0.25, 0.3) is 0 Å². The molecule has 1 aromatic rings. The van der Waals surface area contributed by atoms with Crippen LogP contribution in [0.3, 0.4) is 0 Å². The topological polar surface area (TPSA) is 54.0 Å². The SMILES string of the molecule is CCc1ccc(C(=O)C(C#N)CC(C)C)o1. The molecule has 0 N–H and O–H groups in total. The van der Waals surface area contributed by atoms with E-state index in [1.807, 2.05) is 26.8 Å². The van der Waals surface area contributed by atoms with Gasteiger partial charge in [0.1, 0.15) is 11.7 Å². The minimum Gasteiger partial charge on any atom is -0.458 e. The van der Waals surface area contributed by atoms with Crippen molar-refractivity contribution in [3.8, 4) is 6.07 Å². The summed E-state index contributed by atoms with van der Waals surface area (Å²) in [5.74, 6) is 0.634. The molecule has 1 rings (SSSR count). The summed E-state index contributed by atoms with van der Waals surface area (Å²) < 4.78 is 5.36. The van der Waals surface area contributed by atoms with Gasteiger partial charge in [-0.05, 0) is 24.5 Å². The van der Waals surface area contributed by atoms with E-state index >= 15 is 0 Å². The lowest BCUT2D eigenvalue weighted by atomic mass is 9.93. The van der Waals surface area contributed by atoms with Crippen molar-refractivity contribution in [2.24, 2.45) is 11.8 Å². The Labute approximate surface area is 96.1 Å². The molecule has 1 unspecified atom stereocenters. The van der Waals surface area contributed by atoms with Gasteiger partial charge >= 0.3 is 0 Å². The second-order valence-corrected chi connectivity index (χ2v) is 4.29. The van der Waals surface area contributed by atoms with Crippen molar-refractivity contribution < 1.29 is 9.21 Å². The maximum Gasteiger partial charge on any atom is 0.215 e. The molecule has 0 aromatic carbocycles. The molecule has 3 nitrogen and oxygen atoms in total. The van der Waals surface area contributed by atoms with Gasteiger partial charge < -0.3 is 4.42 Å². The van der Waals surface area contributed by atoms with Gasteiger partial charge in [0.05, 0.1) is 6.07 Å². The summed E-state index contributed by atoms with van der Waals surface area (Å²) >= 11 is 0. The second-order valence-electron chi connectivity index (χ2n) is 4.29. The van der Waals surface area contributed by atoms with Crippen molar-refractivity contribution >= 4 is 5.78 Å². The molecule has 0 fully saturated rings. The van der Waals surface area contributed by atoms with Gasteiger partial charge in [-0.15, -0.1) is 0 Å². The van der Waals surface area contributed by atoms with E-state index in [0.717, 1.165) is 12.2 Å². The van der Waals surface area contributed by atoms with Crippen molar-refractivity contribution in [2.75, 3.05) is 0 Å². The molecule has 0 aliphatic carbocycles. The molecule has 0 spiro atoms. The van der Waals surface area contributed by atoms with E-state index in [4.69, 9.17) is 9.68 Å². The van der Waals surface area contributed by atoms with E-state index in [2.05, 4.69) is 0 Å². The van der Waals surface area contributed by atoms with Crippen LogP contribution in [0.4, 0.5) is 0 Å². The fourth-order valence-electron chi connectivity index (χ4n) is 1.56. The number of carbonyl (C=O) groups is 1. The minimum absolute atomic E-state index is 0.198. The van der Waals surface area contributed by atoms with Crippen LogP contribution in [0.15, 0.2) is 16.5 Å². The maximum absolute atomic E-state index is 11.9. The predicted molar refractivity (Wildman–Crippen MR) is 61.0 cm³/mol. The first-order chi connectivity index (χ1) is 7.58. The number of nitrogens with zero attached hydrogens (tertiary/aromatic N) is 1. The van der Waals surface area contributed by atoms with Crippen molar-refractivity contribution in [1.82, 2.24) is 0 Å². The molecule has 0 saturated heterocycles. The lowest BCUT2D eigenvalue weighted by Crippen LogP contribution is -2.14. The van der Waals surface area contributed by atoms with Gasteiger partial charge in [-0.3, -0.25) is 4.79 Å². The molecule has 3 heteroatoms. The number of carbonyl (C=O) groups excluding carboxylic acids is 1. The number of ketones is 1. The van der Waals surface area contributed by atoms with Crippen LogP contribution in [0.25, 0.3) is 0 Å². The molecule has 1 atom stereocenters. The van der Waals surface area contributed by atoms with E-state index in [1.165, 1.54) is 0 Å². The van der Waals surface area contributed by atoms with Gasteiger partial charge in [-0.2, -0.15) is 5.26 Å². The number of nitriles is 1. The quantitative estimate of drug-likeness (QED) is 0.714. The Morgan fingerprint density at radius 1 is 1.50 bits per heavy atom. The Balaban J connectivity index is 2.79. The van der Waals surface area contributed by atoms with E-state index in [0.29, 0.717) is 18.1 Å². The molecular formula is C13H17NO2. The van der Waals surface area contributed by atoms with Gasteiger partial charge in [0, 0.05) is 6.42 Å². The van der Waals surface area contributed by atoms with Gasteiger partial charge in [0.15, 0.2) is 5.76 Å². The molecule has 86 valence electrons. The van der Waals surface area contributed by atoms with Crippen LogP contribution >= 0.6 is 0 Å². The number of hydrogen-bond acceptors (Lipinski definition) is 3. The minimum atomic E-state index is -0.587. The van der Waals surface area contributed by atoms with Crippen LogP contribution in [0.1, 0.15) is 43.5 Å². The largest absolute Gasteiger partial charge is 0.458 e. The fraction of sp³-hybridized carbons (Fsp3) is 0.538. The zero-order valence-corrected chi connectivity index (χ0v) is 9.99. The average Bonchev–Trinajstić information content (AvgIpc) is 2.73. The first-order valence-electron chi connectivity index (χ1n) is 5.61. The number of hydrogen-bond donors (Lipinski definition) is 0. The highest BCUT2D eigenvalue weighted by Crippen LogP contribution is 2.18. The van der Waals surface area contributed by atoms with Crippen molar-refractivity contribution in [3.63, 3.8) is 0 Å². The van der Waals surface area contributed by atoms with E-state index in [9.17, 15) is 4.79 Å². The van der Waals surface area contributed by atoms with Crippen LogP contribution in [0.5, 0.6) is 0 Å². The van der Waals surface area contributed by atoms with Gasteiger partial charge in [-0.1, -0.05) is 20.8 Å². The fourth-order valence-corrected chi connectivity index (χ4v) is 1.56. The highest BCUT2D eigenvalue weighted by Gasteiger charge is 2.23. The lowest BCUT2D eigenvalue weighted by molar-refractivity contribution is 0.0907. The third-order valence-electron chi connectivity index (χ3n) is 2.43. The summed E-state index contributed by atoms with van der Waals surface area (Å²) in [5, 5.41) is 8.96. The Morgan fingerprint density at radius 3 is 2.62 bits per heavy atom. The third-order valence-corrected chi connectivity index (χ3v) is 2.43. The first-order valence-corrected chi connectivity index (χ1v) is 5.61. The molecule has 0 radical (unpaired) electrons. The van der Waals surface area contributed by atoms with Crippen LogP contribution in [-0.4, -0.2) is 5.78 Å². The van der Waals surface area contributed by atoms with E-state index in [-0.39, 0.29) is 5.78 Å². The molecule has 0 amide bonds. The zero-order valence-electron chi connectivity index (χ0n) is 9.99. The summed E-state index contributed by atoms with van der Waals surface area (Å²) in [4.78, 5) is 11.9. The molecule has 0 saturated carbocycles. The monoisotopic (exact) mass is 219 g/mol.